The monoisotopic (exact) mass is 276 g/mol. The molecular formula is C20H20O. The first-order valence-corrected chi connectivity index (χ1v) is 7.63. The Balaban J connectivity index is 2.15. The van der Waals surface area contributed by atoms with Crippen LogP contribution >= 0.6 is 0 Å². The highest BCUT2D eigenvalue weighted by Gasteiger charge is 2.16. The summed E-state index contributed by atoms with van der Waals surface area (Å²) in [4.78, 5) is 0. The largest absolute Gasteiger partial charge is 0.388 e. The third kappa shape index (κ3) is 3.33. The molecule has 1 aliphatic rings. The predicted molar refractivity (Wildman–Crippen MR) is 86.9 cm³/mol. The molecule has 0 bridgehead atoms. The van der Waals surface area contributed by atoms with Crippen LogP contribution in [0.4, 0.5) is 0 Å². The van der Waals surface area contributed by atoms with E-state index in [9.17, 15) is 5.11 Å². The first-order chi connectivity index (χ1) is 10.3. The van der Waals surface area contributed by atoms with Crippen LogP contribution in [0.15, 0.2) is 72.0 Å². The highest BCUT2D eigenvalue weighted by Crippen LogP contribution is 2.27. The van der Waals surface area contributed by atoms with Crippen LogP contribution in [-0.4, -0.2) is 11.2 Å². The topological polar surface area (TPSA) is 20.2 Å². The van der Waals surface area contributed by atoms with Gasteiger partial charge in [0.05, 0.1) is 6.10 Å². The summed E-state index contributed by atoms with van der Waals surface area (Å²) in [5.41, 5.74) is 7.94. The molecule has 0 aromatic heterocycles. The zero-order valence-corrected chi connectivity index (χ0v) is 12.1. The highest BCUT2D eigenvalue weighted by molar-refractivity contribution is 5.79. The fourth-order valence-corrected chi connectivity index (χ4v) is 2.82. The summed E-state index contributed by atoms with van der Waals surface area (Å²) in [6.07, 6.45) is 3.74. The van der Waals surface area contributed by atoms with Gasteiger partial charge in [0.15, 0.2) is 0 Å². The molecule has 0 unspecified atom stereocenters. The predicted octanol–water partition coefficient (Wildman–Crippen LogP) is 4.58. The smallest absolute Gasteiger partial charge is 0.0824 e. The first-order valence-electron chi connectivity index (χ1n) is 7.63. The van der Waals surface area contributed by atoms with Gasteiger partial charge < -0.3 is 5.11 Å². The van der Waals surface area contributed by atoms with Gasteiger partial charge in [-0.05, 0) is 30.4 Å². The Morgan fingerprint density at radius 3 is 1.95 bits per heavy atom. The van der Waals surface area contributed by atoms with Gasteiger partial charge in [-0.15, -0.1) is 5.73 Å². The van der Waals surface area contributed by atoms with Crippen molar-refractivity contribution in [3.05, 3.63) is 83.1 Å². The van der Waals surface area contributed by atoms with E-state index in [4.69, 9.17) is 0 Å². The Morgan fingerprint density at radius 2 is 1.43 bits per heavy atom. The highest BCUT2D eigenvalue weighted by atomic mass is 16.3. The molecule has 1 atom stereocenters. The second-order valence-electron chi connectivity index (χ2n) is 5.52. The van der Waals surface area contributed by atoms with Gasteiger partial charge >= 0.3 is 0 Å². The van der Waals surface area contributed by atoms with Gasteiger partial charge in [0.25, 0.3) is 0 Å². The van der Waals surface area contributed by atoms with Gasteiger partial charge in [0.2, 0.25) is 0 Å². The van der Waals surface area contributed by atoms with Gasteiger partial charge in [-0.2, -0.15) is 0 Å². The summed E-state index contributed by atoms with van der Waals surface area (Å²) in [7, 11) is 0. The standard InChI is InChI=1S/C20H20O/c21-20-14-8-7-13-18(20)15-19(16-9-3-1-4-10-16)17-11-5-2-6-12-17/h1-6,9-12,20-21H,7-8,13-14H2/t20-/m1/s1. The Morgan fingerprint density at radius 1 is 0.857 bits per heavy atom. The molecule has 2 aromatic rings. The molecule has 0 aliphatic heterocycles. The van der Waals surface area contributed by atoms with Crippen molar-refractivity contribution >= 4 is 5.57 Å². The first kappa shape index (κ1) is 13.9. The Hall–Kier alpha value is -2.08. The molecule has 1 heteroatoms. The van der Waals surface area contributed by atoms with E-state index in [1.54, 1.807) is 0 Å². The molecule has 1 N–H and O–H groups in total. The fourth-order valence-electron chi connectivity index (χ4n) is 2.82. The lowest BCUT2D eigenvalue weighted by atomic mass is 9.90. The summed E-state index contributed by atoms with van der Waals surface area (Å²) in [6, 6.07) is 20.6. The van der Waals surface area contributed by atoms with E-state index in [2.05, 4.69) is 30.0 Å². The van der Waals surface area contributed by atoms with Crippen molar-refractivity contribution in [2.45, 2.75) is 31.8 Å². The van der Waals surface area contributed by atoms with Crippen molar-refractivity contribution in [1.82, 2.24) is 0 Å². The summed E-state index contributed by atoms with van der Waals surface area (Å²) in [5, 5.41) is 10.2. The minimum atomic E-state index is -0.332. The minimum absolute atomic E-state index is 0.332. The van der Waals surface area contributed by atoms with Crippen LogP contribution in [0.3, 0.4) is 0 Å². The van der Waals surface area contributed by atoms with Crippen LogP contribution in [0.25, 0.3) is 5.57 Å². The number of aliphatic hydroxyl groups excluding tert-OH is 1. The lowest BCUT2D eigenvalue weighted by molar-refractivity contribution is 0.179. The second-order valence-corrected chi connectivity index (χ2v) is 5.52. The summed E-state index contributed by atoms with van der Waals surface area (Å²) in [5.74, 6) is 0. The zero-order valence-electron chi connectivity index (χ0n) is 12.1. The van der Waals surface area contributed by atoms with Crippen molar-refractivity contribution in [2.24, 2.45) is 0 Å². The van der Waals surface area contributed by atoms with Crippen molar-refractivity contribution < 1.29 is 5.11 Å². The second kappa shape index (κ2) is 6.58. The van der Waals surface area contributed by atoms with Crippen LogP contribution in [0.5, 0.6) is 0 Å². The molecule has 0 saturated heterocycles. The SMILES string of the molecule is O[C@@H]1CCCCC1=C=C(c1ccccc1)c1ccccc1. The average molecular weight is 276 g/mol. The van der Waals surface area contributed by atoms with Gasteiger partial charge in [0.1, 0.15) is 0 Å². The molecule has 1 aliphatic carbocycles. The van der Waals surface area contributed by atoms with Crippen molar-refractivity contribution in [3.63, 3.8) is 0 Å². The number of benzene rings is 2. The molecule has 0 radical (unpaired) electrons. The Bertz CT molecular complexity index is 607. The molecule has 21 heavy (non-hydrogen) atoms. The maximum Gasteiger partial charge on any atom is 0.0824 e. The van der Waals surface area contributed by atoms with Crippen LogP contribution in [0.2, 0.25) is 0 Å². The molecule has 0 spiro atoms. The van der Waals surface area contributed by atoms with E-state index in [1.807, 2.05) is 36.4 Å². The molecule has 1 nitrogen and oxygen atoms in total. The van der Waals surface area contributed by atoms with Crippen LogP contribution < -0.4 is 0 Å². The van der Waals surface area contributed by atoms with Gasteiger partial charge in [-0.1, -0.05) is 67.1 Å². The number of hydrogen-bond acceptors (Lipinski definition) is 1. The van der Waals surface area contributed by atoms with Crippen LogP contribution in [0, 0.1) is 0 Å². The zero-order chi connectivity index (χ0) is 14.5. The fraction of sp³-hybridized carbons (Fsp3) is 0.250. The lowest BCUT2D eigenvalue weighted by Gasteiger charge is -2.19. The van der Waals surface area contributed by atoms with Crippen molar-refractivity contribution in [1.29, 1.82) is 0 Å². The normalized spacial score (nSPS) is 18.1. The molecular weight excluding hydrogens is 256 g/mol. The molecule has 0 heterocycles. The number of aliphatic hydroxyl groups is 1. The molecule has 1 saturated carbocycles. The van der Waals surface area contributed by atoms with Gasteiger partial charge in [-0.3, -0.25) is 0 Å². The molecule has 3 rings (SSSR count). The van der Waals surface area contributed by atoms with E-state index in [1.165, 1.54) is 0 Å². The number of rotatable bonds is 2. The number of hydrogen-bond donors (Lipinski definition) is 1. The van der Waals surface area contributed by atoms with Crippen molar-refractivity contribution in [3.8, 4) is 0 Å². The van der Waals surface area contributed by atoms with E-state index < -0.39 is 0 Å². The van der Waals surface area contributed by atoms with E-state index in [-0.39, 0.29) is 6.10 Å². The van der Waals surface area contributed by atoms with Crippen LogP contribution in [0.1, 0.15) is 36.8 Å². The lowest BCUT2D eigenvalue weighted by Crippen LogP contribution is -2.14. The maximum atomic E-state index is 10.2. The maximum absolute atomic E-state index is 10.2. The van der Waals surface area contributed by atoms with Gasteiger partial charge in [0, 0.05) is 11.1 Å². The molecule has 0 amide bonds. The molecule has 1 fully saturated rings. The van der Waals surface area contributed by atoms with Crippen molar-refractivity contribution in [2.75, 3.05) is 0 Å². The van der Waals surface area contributed by atoms with E-state index >= 15 is 0 Å². The minimum Gasteiger partial charge on any atom is -0.388 e. The third-order valence-electron chi connectivity index (χ3n) is 3.99. The Kier molecular flexibility index (Phi) is 4.35. The summed E-state index contributed by atoms with van der Waals surface area (Å²) >= 11 is 0. The quantitative estimate of drug-likeness (QED) is 0.796. The van der Waals surface area contributed by atoms with Gasteiger partial charge in [-0.25, -0.2) is 0 Å². The van der Waals surface area contributed by atoms with E-state index in [0.29, 0.717) is 0 Å². The summed E-state index contributed by atoms with van der Waals surface area (Å²) < 4.78 is 0. The third-order valence-corrected chi connectivity index (χ3v) is 3.99. The average Bonchev–Trinajstić information content (AvgIpc) is 2.56. The van der Waals surface area contributed by atoms with Crippen LogP contribution in [-0.2, 0) is 0 Å². The Labute approximate surface area is 126 Å². The summed E-state index contributed by atoms with van der Waals surface area (Å²) in [6.45, 7) is 0. The molecule has 2 aromatic carbocycles. The van der Waals surface area contributed by atoms with E-state index in [0.717, 1.165) is 48.0 Å². The molecule has 106 valence electrons.